The maximum atomic E-state index is 12.0. The number of carbonyl (C=O) groups excluding carboxylic acids is 2. The van der Waals surface area contributed by atoms with Crippen LogP contribution in [0.4, 0.5) is 0 Å². The SMILES string of the molecule is CCOc1ccc(C(=O)OCC(=O)N[C@@H](C)c2cccc(OC)c2)cc1. The van der Waals surface area contributed by atoms with Crippen molar-refractivity contribution in [2.24, 2.45) is 0 Å². The predicted molar refractivity (Wildman–Crippen MR) is 97.4 cm³/mol. The minimum absolute atomic E-state index is 0.234. The molecule has 2 aromatic carbocycles. The van der Waals surface area contributed by atoms with Crippen molar-refractivity contribution in [3.05, 3.63) is 59.7 Å². The zero-order valence-corrected chi connectivity index (χ0v) is 15.2. The highest BCUT2D eigenvalue weighted by Crippen LogP contribution is 2.18. The summed E-state index contributed by atoms with van der Waals surface area (Å²) in [5, 5.41) is 2.79. The standard InChI is InChI=1S/C20H23NO5/c1-4-25-17-10-8-15(9-11-17)20(23)26-13-19(22)21-14(2)16-6-5-7-18(12-16)24-3/h5-12,14H,4,13H2,1-3H3,(H,21,22)/t14-/m0/s1. The summed E-state index contributed by atoms with van der Waals surface area (Å²) in [6.07, 6.45) is 0. The lowest BCUT2D eigenvalue weighted by atomic mass is 10.1. The zero-order valence-electron chi connectivity index (χ0n) is 15.2. The van der Waals surface area contributed by atoms with E-state index in [-0.39, 0.29) is 18.6 Å². The molecule has 0 unspecified atom stereocenters. The Kier molecular flexibility index (Phi) is 7.02. The largest absolute Gasteiger partial charge is 0.497 e. The molecule has 0 heterocycles. The Morgan fingerprint density at radius 2 is 1.81 bits per heavy atom. The fraction of sp³-hybridized carbons (Fsp3) is 0.300. The summed E-state index contributed by atoms with van der Waals surface area (Å²) in [6.45, 7) is 3.93. The first-order chi connectivity index (χ1) is 12.5. The number of nitrogens with one attached hydrogen (secondary N) is 1. The summed E-state index contributed by atoms with van der Waals surface area (Å²) in [7, 11) is 1.59. The number of hydrogen-bond acceptors (Lipinski definition) is 5. The second-order valence-corrected chi connectivity index (χ2v) is 5.60. The normalized spacial score (nSPS) is 11.3. The summed E-state index contributed by atoms with van der Waals surface area (Å²) in [5.41, 5.74) is 1.26. The maximum Gasteiger partial charge on any atom is 0.338 e. The molecule has 2 rings (SSSR count). The van der Waals surface area contributed by atoms with Crippen LogP contribution in [0.25, 0.3) is 0 Å². The van der Waals surface area contributed by atoms with Crippen molar-refractivity contribution in [1.29, 1.82) is 0 Å². The Morgan fingerprint density at radius 3 is 2.46 bits per heavy atom. The third kappa shape index (κ3) is 5.51. The van der Waals surface area contributed by atoms with Crippen LogP contribution in [0.2, 0.25) is 0 Å². The Morgan fingerprint density at radius 1 is 1.08 bits per heavy atom. The molecule has 0 bridgehead atoms. The molecule has 0 saturated carbocycles. The number of hydrogen-bond donors (Lipinski definition) is 1. The van der Waals surface area contributed by atoms with Crippen LogP contribution in [-0.2, 0) is 9.53 Å². The van der Waals surface area contributed by atoms with Crippen LogP contribution in [0.5, 0.6) is 11.5 Å². The van der Waals surface area contributed by atoms with Gasteiger partial charge in [0, 0.05) is 0 Å². The van der Waals surface area contributed by atoms with Gasteiger partial charge in [-0.3, -0.25) is 4.79 Å². The van der Waals surface area contributed by atoms with Crippen LogP contribution < -0.4 is 14.8 Å². The van der Waals surface area contributed by atoms with Crippen molar-refractivity contribution < 1.29 is 23.8 Å². The summed E-state index contributed by atoms with van der Waals surface area (Å²) in [5.74, 6) is 0.455. The lowest BCUT2D eigenvalue weighted by Gasteiger charge is -2.15. The van der Waals surface area contributed by atoms with Gasteiger partial charge in [0.15, 0.2) is 6.61 Å². The van der Waals surface area contributed by atoms with Gasteiger partial charge in [-0.1, -0.05) is 12.1 Å². The van der Waals surface area contributed by atoms with E-state index in [1.54, 1.807) is 31.4 Å². The van der Waals surface area contributed by atoms with E-state index in [1.807, 2.05) is 38.1 Å². The molecule has 0 radical (unpaired) electrons. The highest BCUT2D eigenvalue weighted by Gasteiger charge is 2.13. The van der Waals surface area contributed by atoms with Gasteiger partial charge in [-0.15, -0.1) is 0 Å². The van der Waals surface area contributed by atoms with Crippen LogP contribution in [0.15, 0.2) is 48.5 Å². The lowest BCUT2D eigenvalue weighted by Crippen LogP contribution is -2.31. The van der Waals surface area contributed by atoms with Gasteiger partial charge in [-0.25, -0.2) is 4.79 Å². The van der Waals surface area contributed by atoms with E-state index in [1.165, 1.54) is 0 Å². The average molecular weight is 357 g/mol. The van der Waals surface area contributed by atoms with Gasteiger partial charge >= 0.3 is 5.97 Å². The van der Waals surface area contributed by atoms with Crippen LogP contribution in [0, 0.1) is 0 Å². The number of amides is 1. The van der Waals surface area contributed by atoms with Gasteiger partial charge in [0.05, 0.1) is 25.3 Å². The van der Waals surface area contributed by atoms with Gasteiger partial charge in [0.2, 0.25) is 0 Å². The number of esters is 1. The predicted octanol–water partition coefficient (Wildman–Crippen LogP) is 3.13. The molecule has 0 spiro atoms. The Balaban J connectivity index is 1.84. The van der Waals surface area contributed by atoms with Crippen molar-refractivity contribution in [2.75, 3.05) is 20.3 Å². The fourth-order valence-electron chi connectivity index (χ4n) is 2.35. The molecular weight excluding hydrogens is 334 g/mol. The summed E-state index contributed by atoms with van der Waals surface area (Å²) in [4.78, 5) is 24.0. The molecule has 6 heteroatoms. The van der Waals surface area contributed by atoms with Crippen LogP contribution in [-0.4, -0.2) is 32.2 Å². The monoisotopic (exact) mass is 357 g/mol. The highest BCUT2D eigenvalue weighted by molar-refractivity contribution is 5.91. The van der Waals surface area contributed by atoms with Gasteiger partial charge in [0.25, 0.3) is 5.91 Å². The Labute approximate surface area is 153 Å². The van der Waals surface area contributed by atoms with E-state index in [0.717, 1.165) is 5.56 Å². The smallest absolute Gasteiger partial charge is 0.338 e. The van der Waals surface area contributed by atoms with Crippen LogP contribution in [0.3, 0.4) is 0 Å². The first-order valence-corrected chi connectivity index (χ1v) is 8.36. The second-order valence-electron chi connectivity index (χ2n) is 5.60. The molecule has 0 aromatic heterocycles. The third-order valence-corrected chi connectivity index (χ3v) is 3.71. The number of benzene rings is 2. The first-order valence-electron chi connectivity index (χ1n) is 8.36. The van der Waals surface area contributed by atoms with E-state index in [0.29, 0.717) is 23.7 Å². The second kappa shape index (κ2) is 9.46. The third-order valence-electron chi connectivity index (χ3n) is 3.71. The van der Waals surface area contributed by atoms with Crippen molar-refractivity contribution in [3.8, 4) is 11.5 Å². The average Bonchev–Trinajstić information content (AvgIpc) is 2.67. The molecule has 138 valence electrons. The summed E-state index contributed by atoms with van der Waals surface area (Å²) < 4.78 is 15.5. The van der Waals surface area contributed by atoms with Gasteiger partial charge in [0.1, 0.15) is 11.5 Å². The minimum Gasteiger partial charge on any atom is -0.497 e. The number of ether oxygens (including phenoxy) is 3. The minimum atomic E-state index is -0.558. The molecule has 0 aliphatic heterocycles. The molecule has 6 nitrogen and oxygen atoms in total. The van der Waals surface area contributed by atoms with E-state index in [2.05, 4.69) is 5.32 Å². The maximum absolute atomic E-state index is 12.0. The van der Waals surface area contributed by atoms with Crippen molar-refractivity contribution in [1.82, 2.24) is 5.32 Å². The lowest BCUT2D eigenvalue weighted by molar-refractivity contribution is -0.124. The van der Waals surface area contributed by atoms with Gasteiger partial charge in [-0.05, 0) is 55.8 Å². The van der Waals surface area contributed by atoms with E-state index in [9.17, 15) is 9.59 Å². The zero-order chi connectivity index (χ0) is 18.9. The molecular formula is C20H23NO5. The van der Waals surface area contributed by atoms with Gasteiger partial charge < -0.3 is 19.5 Å². The molecule has 0 saturated heterocycles. The quantitative estimate of drug-likeness (QED) is 0.735. The van der Waals surface area contributed by atoms with Crippen LogP contribution in [0.1, 0.15) is 35.8 Å². The van der Waals surface area contributed by atoms with Crippen molar-refractivity contribution in [3.63, 3.8) is 0 Å². The highest BCUT2D eigenvalue weighted by atomic mass is 16.5. The molecule has 0 aliphatic carbocycles. The van der Waals surface area contributed by atoms with E-state index < -0.39 is 5.97 Å². The molecule has 0 aliphatic rings. The number of rotatable bonds is 8. The topological polar surface area (TPSA) is 73.9 Å². The van der Waals surface area contributed by atoms with Crippen LogP contribution >= 0.6 is 0 Å². The number of methoxy groups -OCH3 is 1. The Bertz CT molecular complexity index is 742. The van der Waals surface area contributed by atoms with Crippen molar-refractivity contribution in [2.45, 2.75) is 19.9 Å². The first kappa shape index (κ1) is 19.3. The molecule has 1 amide bonds. The summed E-state index contributed by atoms with van der Waals surface area (Å²) >= 11 is 0. The molecule has 1 N–H and O–H groups in total. The molecule has 1 atom stereocenters. The summed E-state index contributed by atoms with van der Waals surface area (Å²) in [6, 6.07) is 13.8. The molecule has 2 aromatic rings. The van der Waals surface area contributed by atoms with E-state index >= 15 is 0 Å². The van der Waals surface area contributed by atoms with E-state index in [4.69, 9.17) is 14.2 Å². The van der Waals surface area contributed by atoms with Crippen molar-refractivity contribution >= 4 is 11.9 Å². The molecule has 0 fully saturated rings. The van der Waals surface area contributed by atoms with Gasteiger partial charge in [-0.2, -0.15) is 0 Å². The molecule has 26 heavy (non-hydrogen) atoms. The fourth-order valence-corrected chi connectivity index (χ4v) is 2.35. The number of carbonyl (C=O) groups is 2. The Hall–Kier alpha value is -3.02.